The second kappa shape index (κ2) is 6.68. The standard InChI is InChI=1S/C22H27N5O3/c28-20(13-4-5-13)25-10-8-16-15(12-25)22(30)27-19(23-16)11-17(24-27)18-3-1-2-9-26(18)21(29)14-6-7-14/h11,13-14,18,24H,1-10,12H2. The van der Waals surface area contributed by atoms with Gasteiger partial charge in [0.1, 0.15) is 0 Å². The Bertz CT molecular complexity index is 1090. The number of piperidine rings is 1. The monoisotopic (exact) mass is 409 g/mol. The largest absolute Gasteiger partial charge is 0.337 e. The number of aromatic amines is 1. The van der Waals surface area contributed by atoms with Crippen LogP contribution in [-0.4, -0.2) is 49.3 Å². The molecule has 0 spiro atoms. The summed E-state index contributed by atoms with van der Waals surface area (Å²) >= 11 is 0. The van der Waals surface area contributed by atoms with Gasteiger partial charge in [0, 0.05) is 37.4 Å². The Morgan fingerprint density at radius 1 is 1.00 bits per heavy atom. The van der Waals surface area contributed by atoms with Gasteiger partial charge in [-0.25, -0.2) is 9.50 Å². The zero-order chi connectivity index (χ0) is 20.4. The Morgan fingerprint density at radius 2 is 1.77 bits per heavy atom. The lowest BCUT2D eigenvalue weighted by Gasteiger charge is -2.35. The van der Waals surface area contributed by atoms with Gasteiger partial charge in [0.15, 0.2) is 5.65 Å². The number of rotatable bonds is 3. The minimum Gasteiger partial charge on any atom is -0.337 e. The number of hydrogen-bond donors (Lipinski definition) is 1. The van der Waals surface area contributed by atoms with Crippen molar-refractivity contribution in [3.8, 4) is 0 Å². The summed E-state index contributed by atoms with van der Waals surface area (Å²) in [4.78, 5) is 47.1. The maximum absolute atomic E-state index is 13.2. The average molecular weight is 409 g/mol. The van der Waals surface area contributed by atoms with E-state index in [9.17, 15) is 14.4 Å². The molecule has 0 bridgehead atoms. The molecule has 4 heterocycles. The molecular formula is C22H27N5O3. The van der Waals surface area contributed by atoms with Gasteiger partial charge in [-0.2, -0.15) is 0 Å². The van der Waals surface area contributed by atoms with Crippen molar-refractivity contribution in [2.45, 2.75) is 64.0 Å². The molecule has 8 heteroatoms. The number of nitrogens with one attached hydrogen (secondary N) is 1. The van der Waals surface area contributed by atoms with Crippen LogP contribution in [0.4, 0.5) is 0 Å². The molecule has 0 aromatic carbocycles. The predicted octanol–water partition coefficient (Wildman–Crippen LogP) is 1.78. The summed E-state index contributed by atoms with van der Waals surface area (Å²) in [5.74, 6) is 0.781. The van der Waals surface area contributed by atoms with Crippen molar-refractivity contribution < 1.29 is 9.59 Å². The Hall–Kier alpha value is -2.64. The number of likely N-dealkylation sites (tertiary alicyclic amines) is 1. The molecule has 158 valence electrons. The zero-order valence-corrected chi connectivity index (χ0v) is 17.1. The van der Waals surface area contributed by atoms with Gasteiger partial charge in [-0.3, -0.25) is 19.5 Å². The van der Waals surface area contributed by atoms with E-state index in [0.717, 1.165) is 62.9 Å². The van der Waals surface area contributed by atoms with Crippen molar-refractivity contribution in [3.63, 3.8) is 0 Å². The minimum atomic E-state index is -0.120. The fourth-order valence-corrected chi connectivity index (χ4v) is 5.03. The quantitative estimate of drug-likeness (QED) is 0.837. The number of amides is 2. The summed E-state index contributed by atoms with van der Waals surface area (Å²) in [6.45, 7) is 1.77. The lowest BCUT2D eigenvalue weighted by molar-refractivity contribution is -0.136. The van der Waals surface area contributed by atoms with Crippen LogP contribution in [0.5, 0.6) is 0 Å². The topological polar surface area (TPSA) is 90.8 Å². The molecule has 8 nitrogen and oxygen atoms in total. The van der Waals surface area contributed by atoms with Gasteiger partial charge in [0.2, 0.25) is 11.8 Å². The average Bonchev–Trinajstić information content (AvgIpc) is 3.69. The van der Waals surface area contributed by atoms with E-state index in [-0.39, 0.29) is 35.3 Å². The number of aromatic nitrogens is 3. The SMILES string of the molecule is O=C(C1CC1)N1CCc2nc3cc(C4CCCCN4C(=O)C4CC4)[nH]n3c(=O)c2C1. The molecule has 1 atom stereocenters. The van der Waals surface area contributed by atoms with Crippen molar-refractivity contribution >= 4 is 17.5 Å². The van der Waals surface area contributed by atoms with E-state index in [0.29, 0.717) is 30.7 Å². The second-order valence-corrected chi connectivity index (χ2v) is 9.35. The molecule has 6 rings (SSSR count). The molecule has 2 saturated carbocycles. The van der Waals surface area contributed by atoms with Crippen molar-refractivity contribution in [1.82, 2.24) is 24.4 Å². The van der Waals surface area contributed by atoms with Crippen LogP contribution in [0.15, 0.2) is 10.9 Å². The third-order valence-corrected chi connectivity index (χ3v) is 7.09. The van der Waals surface area contributed by atoms with Crippen molar-refractivity contribution in [2.75, 3.05) is 13.1 Å². The number of carbonyl (C=O) groups is 2. The van der Waals surface area contributed by atoms with Crippen LogP contribution in [0.3, 0.4) is 0 Å². The van der Waals surface area contributed by atoms with Crippen LogP contribution < -0.4 is 5.56 Å². The molecule has 2 aromatic rings. The Labute approximate surface area is 174 Å². The number of fused-ring (bicyclic) bond motifs is 2. The van der Waals surface area contributed by atoms with Crippen LogP contribution in [0.1, 0.15) is 67.9 Å². The van der Waals surface area contributed by atoms with E-state index in [1.54, 1.807) is 0 Å². The first-order valence-corrected chi connectivity index (χ1v) is 11.3. The molecular weight excluding hydrogens is 382 g/mol. The first-order valence-electron chi connectivity index (χ1n) is 11.3. The fourth-order valence-electron chi connectivity index (χ4n) is 5.03. The second-order valence-electron chi connectivity index (χ2n) is 9.35. The van der Waals surface area contributed by atoms with E-state index >= 15 is 0 Å². The van der Waals surface area contributed by atoms with Crippen LogP contribution in [0, 0.1) is 11.8 Å². The molecule has 2 aromatic heterocycles. The molecule has 0 radical (unpaired) electrons. The molecule has 1 unspecified atom stereocenters. The van der Waals surface area contributed by atoms with E-state index in [2.05, 4.69) is 5.10 Å². The summed E-state index contributed by atoms with van der Waals surface area (Å²) in [5.41, 5.74) is 2.81. The van der Waals surface area contributed by atoms with Crippen molar-refractivity contribution in [1.29, 1.82) is 0 Å². The van der Waals surface area contributed by atoms with Gasteiger partial charge in [-0.05, 0) is 44.9 Å². The highest BCUT2D eigenvalue weighted by Crippen LogP contribution is 2.38. The van der Waals surface area contributed by atoms with Crippen molar-refractivity contribution in [2.24, 2.45) is 11.8 Å². The molecule has 2 amide bonds. The van der Waals surface area contributed by atoms with Gasteiger partial charge in [0.25, 0.3) is 5.56 Å². The van der Waals surface area contributed by atoms with Gasteiger partial charge in [-0.1, -0.05) is 0 Å². The lowest BCUT2D eigenvalue weighted by Crippen LogP contribution is -2.41. The van der Waals surface area contributed by atoms with E-state index in [4.69, 9.17) is 4.98 Å². The Balaban J connectivity index is 1.34. The predicted molar refractivity (Wildman–Crippen MR) is 109 cm³/mol. The molecule has 1 saturated heterocycles. The Morgan fingerprint density at radius 3 is 2.53 bits per heavy atom. The lowest BCUT2D eigenvalue weighted by atomic mass is 9.98. The van der Waals surface area contributed by atoms with Crippen molar-refractivity contribution in [3.05, 3.63) is 33.4 Å². The number of carbonyl (C=O) groups excluding carboxylic acids is 2. The van der Waals surface area contributed by atoms with Crippen LogP contribution in [-0.2, 0) is 22.6 Å². The Kier molecular flexibility index (Phi) is 4.05. The highest BCUT2D eigenvalue weighted by atomic mass is 16.2. The summed E-state index contributed by atoms with van der Waals surface area (Å²) in [6, 6.07) is 1.92. The van der Waals surface area contributed by atoms with Gasteiger partial charge in [0.05, 0.1) is 29.5 Å². The molecule has 4 aliphatic rings. The number of nitrogens with zero attached hydrogens (tertiary/aromatic N) is 4. The third-order valence-electron chi connectivity index (χ3n) is 7.09. The molecule has 1 N–H and O–H groups in total. The van der Waals surface area contributed by atoms with E-state index in [1.165, 1.54) is 4.52 Å². The van der Waals surface area contributed by atoms with Gasteiger partial charge in [-0.15, -0.1) is 0 Å². The molecule has 30 heavy (non-hydrogen) atoms. The summed E-state index contributed by atoms with van der Waals surface area (Å²) < 4.78 is 1.51. The fraction of sp³-hybridized carbons (Fsp3) is 0.636. The summed E-state index contributed by atoms with van der Waals surface area (Å²) in [6.07, 6.45) is 7.57. The highest BCUT2D eigenvalue weighted by Gasteiger charge is 2.39. The first kappa shape index (κ1) is 18.2. The maximum Gasteiger partial charge on any atom is 0.277 e. The van der Waals surface area contributed by atoms with Crippen LogP contribution >= 0.6 is 0 Å². The third kappa shape index (κ3) is 2.96. The summed E-state index contributed by atoms with van der Waals surface area (Å²) in [5, 5.41) is 3.25. The van der Waals surface area contributed by atoms with Gasteiger partial charge >= 0.3 is 0 Å². The molecule has 2 aliphatic carbocycles. The van der Waals surface area contributed by atoms with Gasteiger partial charge < -0.3 is 9.80 Å². The van der Waals surface area contributed by atoms with Crippen LogP contribution in [0.25, 0.3) is 5.65 Å². The zero-order valence-electron chi connectivity index (χ0n) is 17.1. The molecule has 2 aliphatic heterocycles. The maximum atomic E-state index is 13.2. The van der Waals surface area contributed by atoms with E-state index in [1.807, 2.05) is 15.9 Å². The van der Waals surface area contributed by atoms with Crippen LogP contribution in [0.2, 0.25) is 0 Å². The van der Waals surface area contributed by atoms with E-state index < -0.39 is 0 Å². The first-order chi connectivity index (χ1) is 14.6. The summed E-state index contributed by atoms with van der Waals surface area (Å²) in [7, 11) is 0. The normalized spacial score (nSPS) is 24.2. The molecule has 3 fully saturated rings. The highest BCUT2D eigenvalue weighted by molar-refractivity contribution is 5.82. The number of hydrogen-bond acceptors (Lipinski definition) is 4. The smallest absolute Gasteiger partial charge is 0.277 e. The minimum absolute atomic E-state index is 0.0158. The number of H-pyrrole nitrogens is 1.